The number of carbonyl (C=O) groups excluding carboxylic acids is 1. The fourth-order valence-corrected chi connectivity index (χ4v) is 2.24. The molecule has 19 heavy (non-hydrogen) atoms. The van der Waals surface area contributed by atoms with Gasteiger partial charge in [-0.15, -0.1) is 0 Å². The number of rotatable bonds is 3. The standard InChI is InChI=1S/C14H16BrN3O/c1-4-18-13(8-10(3)17-18)14(19)16-12-7-9(2)5-6-11(12)15/h5-8H,4H2,1-3H3,(H,16,19). The number of hydrogen-bond acceptors (Lipinski definition) is 2. The van der Waals surface area contributed by atoms with Gasteiger partial charge < -0.3 is 5.32 Å². The van der Waals surface area contributed by atoms with E-state index in [2.05, 4.69) is 26.3 Å². The summed E-state index contributed by atoms with van der Waals surface area (Å²) in [6.45, 7) is 6.51. The predicted octanol–water partition coefficient (Wildman–Crippen LogP) is 3.53. The Kier molecular flexibility index (Phi) is 4.04. The average Bonchev–Trinajstić information content (AvgIpc) is 2.75. The van der Waals surface area contributed by atoms with E-state index >= 15 is 0 Å². The minimum Gasteiger partial charge on any atom is -0.320 e. The quantitative estimate of drug-likeness (QED) is 0.939. The summed E-state index contributed by atoms with van der Waals surface area (Å²) in [5.41, 5.74) is 3.29. The Labute approximate surface area is 120 Å². The van der Waals surface area contributed by atoms with Gasteiger partial charge >= 0.3 is 0 Å². The van der Waals surface area contributed by atoms with Crippen LogP contribution in [-0.2, 0) is 6.54 Å². The maximum atomic E-state index is 12.3. The van der Waals surface area contributed by atoms with Gasteiger partial charge in [0.15, 0.2) is 0 Å². The van der Waals surface area contributed by atoms with Crippen LogP contribution in [0.4, 0.5) is 5.69 Å². The van der Waals surface area contributed by atoms with Gasteiger partial charge in [-0.25, -0.2) is 0 Å². The lowest BCUT2D eigenvalue weighted by atomic mass is 10.2. The van der Waals surface area contributed by atoms with Gasteiger partial charge in [-0.1, -0.05) is 6.07 Å². The molecule has 1 heterocycles. The molecular formula is C14H16BrN3O. The Balaban J connectivity index is 2.27. The summed E-state index contributed by atoms with van der Waals surface area (Å²) in [4.78, 5) is 12.3. The van der Waals surface area contributed by atoms with Crippen LogP contribution >= 0.6 is 15.9 Å². The van der Waals surface area contributed by atoms with Crippen molar-refractivity contribution >= 4 is 27.5 Å². The summed E-state index contributed by atoms with van der Waals surface area (Å²) in [5, 5.41) is 7.18. The van der Waals surface area contributed by atoms with E-state index in [1.54, 1.807) is 10.7 Å². The summed E-state index contributed by atoms with van der Waals surface area (Å²) in [5.74, 6) is -0.145. The molecule has 1 amide bonds. The number of carbonyl (C=O) groups is 1. The molecule has 0 saturated carbocycles. The van der Waals surface area contributed by atoms with Crippen LogP contribution < -0.4 is 5.32 Å². The van der Waals surface area contributed by atoms with Gasteiger partial charge in [0.2, 0.25) is 0 Å². The van der Waals surface area contributed by atoms with Crippen molar-refractivity contribution in [3.8, 4) is 0 Å². The van der Waals surface area contributed by atoms with E-state index in [0.29, 0.717) is 12.2 Å². The van der Waals surface area contributed by atoms with Crippen molar-refractivity contribution in [1.29, 1.82) is 0 Å². The van der Waals surface area contributed by atoms with E-state index in [-0.39, 0.29) is 5.91 Å². The second kappa shape index (κ2) is 5.57. The fraction of sp³-hybridized carbons (Fsp3) is 0.286. The van der Waals surface area contributed by atoms with Crippen LogP contribution in [0.2, 0.25) is 0 Å². The SMILES string of the molecule is CCn1nc(C)cc1C(=O)Nc1cc(C)ccc1Br. The second-order valence-electron chi connectivity index (χ2n) is 4.42. The van der Waals surface area contributed by atoms with Gasteiger partial charge in [0.05, 0.1) is 11.4 Å². The zero-order chi connectivity index (χ0) is 14.0. The van der Waals surface area contributed by atoms with Crippen LogP contribution in [0.3, 0.4) is 0 Å². The van der Waals surface area contributed by atoms with Crippen molar-refractivity contribution in [2.45, 2.75) is 27.3 Å². The topological polar surface area (TPSA) is 46.9 Å². The largest absolute Gasteiger partial charge is 0.320 e. The first-order valence-corrected chi connectivity index (χ1v) is 6.92. The van der Waals surface area contributed by atoms with Crippen molar-refractivity contribution in [3.63, 3.8) is 0 Å². The van der Waals surface area contributed by atoms with E-state index in [0.717, 1.165) is 21.4 Å². The number of hydrogen-bond donors (Lipinski definition) is 1. The zero-order valence-electron chi connectivity index (χ0n) is 11.2. The minimum absolute atomic E-state index is 0.145. The average molecular weight is 322 g/mol. The maximum absolute atomic E-state index is 12.3. The Bertz CT molecular complexity index is 619. The molecule has 0 fully saturated rings. The number of amides is 1. The molecule has 0 radical (unpaired) electrons. The van der Waals surface area contributed by atoms with Gasteiger partial charge in [0.25, 0.3) is 5.91 Å². The molecule has 5 heteroatoms. The lowest BCUT2D eigenvalue weighted by molar-refractivity contribution is 0.101. The van der Waals surface area contributed by atoms with E-state index < -0.39 is 0 Å². The number of nitrogens with one attached hydrogen (secondary N) is 1. The summed E-state index contributed by atoms with van der Waals surface area (Å²) >= 11 is 3.44. The molecule has 0 aliphatic heterocycles. The van der Waals surface area contributed by atoms with Crippen LogP contribution in [0.5, 0.6) is 0 Å². The fourth-order valence-electron chi connectivity index (χ4n) is 1.89. The first-order chi connectivity index (χ1) is 9.01. The lowest BCUT2D eigenvalue weighted by Crippen LogP contribution is -2.17. The van der Waals surface area contributed by atoms with E-state index in [1.165, 1.54) is 0 Å². The van der Waals surface area contributed by atoms with Crippen molar-refractivity contribution in [2.24, 2.45) is 0 Å². The van der Waals surface area contributed by atoms with Gasteiger partial charge in [0.1, 0.15) is 5.69 Å². The van der Waals surface area contributed by atoms with Crippen LogP contribution in [0.25, 0.3) is 0 Å². The first-order valence-electron chi connectivity index (χ1n) is 6.13. The molecule has 0 aliphatic carbocycles. The molecule has 1 aromatic carbocycles. The lowest BCUT2D eigenvalue weighted by Gasteiger charge is -2.09. The minimum atomic E-state index is -0.145. The number of nitrogens with zero attached hydrogens (tertiary/aromatic N) is 2. The van der Waals surface area contributed by atoms with Crippen molar-refractivity contribution in [1.82, 2.24) is 9.78 Å². The second-order valence-corrected chi connectivity index (χ2v) is 5.28. The highest BCUT2D eigenvalue weighted by molar-refractivity contribution is 9.10. The molecule has 1 N–H and O–H groups in total. The number of benzene rings is 1. The summed E-state index contributed by atoms with van der Waals surface area (Å²) < 4.78 is 2.57. The zero-order valence-corrected chi connectivity index (χ0v) is 12.8. The molecule has 0 unspecified atom stereocenters. The smallest absolute Gasteiger partial charge is 0.273 e. The number of aryl methyl sites for hydroxylation is 3. The number of aromatic nitrogens is 2. The van der Waals surface area contributed by atoms with Crippen LogP contribution in [0, 0.1) is 13.8 Å². The molecule has 0 atom stereocenters. The first kappa shape index (κ1) is 13.8. The van der Waals surface area contributed by atoms with Gasteiger partial charge in [-0.05, 0) is 60.5 Å². The Morgan fingerprint density at radius 1 is 1.37 bits per heavy atom. The molecule has 0 spiro atoms. The summed E-state index contributed by atoms with van der Waals surface area (Å²) in [6.07, 6.45) is 0. The van der Waals surface area contributed by atoms with Gasteiger partial charge in [0, 0.05) is 11.0 Å². The number of halogens is 1. The normalized spacial score (nSPS) is 10.5. The molecule has 2 rings (SSSR count). The molecule has 4 nitrogen and oxygen atoms in total. The Morgan fingerprint density at radius 3 is 2.79 bits per heavy atom. The molecule has 100 valence electrons. The van der Waals surface area contributed by atoms with Crippen LogP contribution in [0.15, 0.2) is 28.7 Å². The molecule has 0 saturated heterocycles. The Hall–Kier alpha value is -1.62. The summed E-state index contributed by atoms with van der Waals surface area (Å²) in [6, 6.07) is 7.64. The molecule has 2 aromatic rings. The third-order valence-corrected chi connectivity index (χ3v) is 3.50. The molecular weight excluding hydrogens is 306 g/mol. The highest BCUT2D eigenvalue weighted by atomic mass is 79.9. The van der Waals surface area contributed by atoms with Gasteiger partial charge in [-0.2, -0.15) is 5.10 Å². The third kappa shape index (κ3) is 3.04. The van der Waals surface area contributed by atoms with Crippen molar-refractivity contribution in [3.05, 3.63) is 45.7 Å². The summed E-state index contributed by atoms with van der Waals surface area (Å²) in [7, 11) is 0. The van der Waals surface area contributed by atoms with Crippen LogP contribution in [0.1, 0.15) is 28.7 Å². The molecule has 1 aromatic heterocycles. The van der Waals surface area contributed by atoms with Crippen LogP contribution in [-0.4, -0.2) is 15.7 Å². The Morgan fingerprint density at radius 2 is 2.11 bits per heavy atom. The predicted molar refractivity (Wildman–Crippen MR) is 79.5 cm³/mol. The van der Waals surface area contributed by atoms with Crippen molar-refractivity contribution in [2.75, 3.05) is 5.32 Å². The highest BCUT2D eigenvalue weighted by Crippen LogP contribution is 2.24. The number of anilines is 1. The van der Waals surface area contributed by atoms with E-state index in [1.807, 2.05) is 39.0 Å². The van der Waals surface area contributed by atoms with Crippen molar-refractivity contribution < 1.29 is 4.79 Å². The van der Waals surface area contributed by atoms with Gasteiger partial charge in [-0.3, -0.25) is 9.48 Å². The maximum Gasteiger partial charge on any atom is 0.273 e. The molecule has 0 aliphatic rings. The molecule has 0 bridgehead atoms. The highest BCUT2D eigenvalue weighted by Gasteiger charge is 2.14. The van der Waals surface area contributed by atoms with E-state index in [4.69, 9.17) is 0 Å². The van der Waals surface area contributed by atoms with E-state index in [9.17, 15) is 4.79 Å². The third-order valence-electron chi connectivity index (χ3n) is 2.80. The monoisotopic (exact) mass is 321 g/mol.